The SMILES string of the molecule is C=CCN(CC=C)C(=O)CC1CCNC1. The summed E-state index contributed by atoms with van der Waals surface area (Å²) in [6, 6.07) is 0. The molecule has 3 heteroatoms. The summed E-state index contributed by atoms with van der Waals surface area (Å²) >= 11 is 0. The second kappa shape index (κ2) is 6.40. The Morgan fingerprint density at radius 2 is 2.07 bits per heavy atom. The predicted molar refractivity (Wildman–Crippen MR) is 62.6 cm³/mol. The van der Waals surface area contributed by atoms with E-state index < -0.39 is 0 Å². The fraction of sp³-hybridized carbons (Fsp3) is 0.583. The Morgan fingerprint density at radius 3 is 2.53 bits per heavy atom. The third-order valence-corrected chi connectivity index (χ3v) is 2.68. The third kappa shape index (κ3) is 3.88. The van der Waals surface area contributed by atoms with Crippen molar-refractivity contribution in [3.8, 4) is 0 Å². The molecule has 1 amide bonds. The van der Waals surface area contributed by atoms with Crippen LogP contribution in [0.3, 0.4) is 0 Å². The maximum Gasteiger partial charge on any atom is 0.223 e. The van der Waals surface area contributed by atoms with Crippen molar-refractivity contribution in [3.63, 3.8) is 0 Å². The average Bonchev–Trinajstić information content (AvgIpc) is 2.70. The zero-order valence-corrected chi connectivity index (χ0v) is 9.24. The molecule has 3 nitrogen and oxygen atoms in total. The van der Waals surface area contributed by atoms with E-state index in [9.17, 15) is 4.79 Å². The Hall–Kier alpha value is -1.09. The van der Waals surface area contributed by atoms with Crippen LogP contribution in [0, 0.1) is 5.92 Å². The van der Waals surface area contributed by atoms with Gasteiger partial charge in [0.2, 0.25) is 5.91 Å². The molecule has 1 aliphatic rings. The van der Waals surface area contributed by atoms with E-state index in [1.54, 1.807) is 17.1 Å². The largest absolute Gasteiger partial charge is 0.335 e. The quantitative estimate of drug-likeness (QED) is 0.665. The van der Waals surface area contributed by atoms with Crippen LogP contribution in [0.2, 0.25) is 0 Å². The van der Waals surface area contributed by atoms with Crippen LogP contribution >= 0.6 is 0 Å². The zero-order valence-electron chi connectivity index (χ0n) is 9.24. The Kier molecular flexibility index (Phi) is 5.12. The lowest BCUT2D eigenvalue weighted by atomic mass is 10.0. The van der Waals surface area contributed by atoms with Gasteiger partial charge in [0.05, 0.1) is 0 Å². The van der Waals surface area contributed by atoms with Crippen molar-refractivity contribution in [3.05, 3.63) is 25.3 Å². The molecular formula is C12H20N2O. The first kappa shape index (κ1) is 12.0. The lowest BCUT2D eigenvalue weighted by Crippen LogP contribution is -2.32. The molecule has 1 N–H and O–H groups in total. The Morgan fingerprint density at radius 1 is 1.40 bits per heavy atom. The third-order valence-electron chi connectivity index (χ3n) is 2.68. The maximum atomic E-state index is 11.9. The van der Waals surface area contributed by atoms with Gasteiger partial charge in [-0.25, -0.2) is 0 Å². The Balaban J connectivity index is 2.39. The number of nitrogens with zero attached hydrogens (tertiary/aromatic N) is 1. The first-order valence-corrected chi connectivity index (χ1v) is 5.48. The predicted octanol–water partition coefficient (Wildman–Crippen LogP) is 1.19. The fourth-order valence-electron chi connectivity index (χ4n) is 1.85. The van der Waals surface area contributed by atoms with Crippen LogP contribution in [0.1, 0.15) is 12.8 Å². The molecule has 0 aromatic carbocycles. The molecule has 0 aromatic rings. The molecule has 1 saturated heterocycles. The van der Waals surface area contributed by atoms with Gasteiger partial charge in [-0.1, -0.05) is 12.2 Å². The second-order valence-electron chi connectivity index (χ2n) is 3.94. The molecule has 1 aliphatic heterocycles. The number of hydrogen-bond acceptors (Lipinski definition) is 2. The van der Waals surface area contributed by atoms with Gasteiger partial charge in [0.15, 0.2) is 0 Å². The first-order chi connectivity index (χ1) is 7.27. The van der Waals surface area contributed by atoms with E-state index in [0.29, 0.717) is 25.4 Å². The molecule has 1 heterocycles. The molecule has 1 fully saturated rings. The van der Waals surface area contributed by atoms with Crippen molar-refractivity contribution in [2.24, 2.45) is 5.92 Å². The summed E-state index contributed by atoms with van der Waals surface area (Å²) in [6.45, 7) is 10.6. The number of carbonyl (C=O) groups is 1. The van der Waals surface area contributed by atoms with Gasteiger partial charge in [0, 0.05) is 19.5 Å². The van der Waals surface area contributed by atoms with E-state index in [2.05, 4.69) is 18.5 Å². The van der Waals surface area contributed by atoms with Gasteiger partial charge in [0.1, 0.15) is 0 Å². The van der Waals surface area contributed by atoms with Crippen molar-refractivity contribution in [1.29, 1.82) is 0 Å². The maximum absolute atomic E-state index is 11.9. The minimum atomic E-state index is 0.212. The number of hydrogen-bond donors (Lipinski definition) is 1. The van der Waals surface area contributed by atoms with E-state index in [1.165, 1.54) is 0 Å². The molecule has 0 bridgehead atoms. The summed E-state index contributed by atoms with van der Waals surface area (Å²) in [4.78, 5) is 13.7. The highest BCUT2D eigenvalue weighted by molar-refractivity contribution is 5.76. The number of rotatable bonds is 6. The van der Waals surface area contributed by atoms with Gasteiger partial charge in [-0.05, 0) is 25.4 Å². The highest BCUT2D eigenvalue weighted by Gasteiger charge is 2.20. The highest BCUT2D eigenvalue weighted by atomic mass is 16.2. The summed E-state index contributed by atoms with van der Waals surface area (Å²) in [5.41, 5.74) is 0. The minimum absolute atomic E-state index is 0.212. The molecule has 0 radical (unpaired) electrons. The van der Waals surface area contributed by atoms with Crippen LogP contribution in [-0.2, 0) is 4.79 Å². The van der Waals surface area contributed by atoms with Crippen molar-refractivity contribution in [2.75, 3.05) is 26.2 Å². The van der Waals surface area contributed by atoms with Gasteiger partial charge in [-0.15, -0.1) is 13.2 Å². The highest BCUT2D eigenvalue weighted by Crippen LogP contribution is 2.13. The van der Waals surface area contributed by atoms with Gasteiger partial charge in [-0.2, -0.15) is 0 Å². The molecule has 1 atom stereocenters. The monoisotopic (exact) mass is 208 g/mol. The lowest BCUT2D eigenvalue weighted by molar-refractivity contribution is -0.131. The van der Waals surface area contributed by atoms with E-state index >= 15 is 0 Å². The van der Waals surface area contributed by atoms with Crippen LogP contribution in [-0.4, -0.2) is 37.0 Å². The van der Waals surface area contributed by atoms with Gasteiger partial charge >= 0.3 is 0 Å². The van der Waals surface area contributed by atoms with Crippen LogP contribution in [0.15, 0.2) is 25.3 Å². The van der Waals surface area contributed by atoms with Gasteiger partial charge in [0.25, 0.3) is 0 Å². The summed E-state index contributed by atoms with van der Waals surface area (Å²) in [5.74, 6) is 0.720. The zero-order chi connectivity index (χ0) is 11.1. The molecular weight excluding hydrogens is 188 g/mol. The van der Waals surface area contributed by atoms with Crippen molar-refractivity contribution in [2.45, 2.75) is 12.8 Å². The molecule has 1 rings (SSSR count). The minimum Gasteiger partial charge on any atom is -0.335 e. The lowest BCUT2D eigenvalue weighted by Gasteiger charge is -2.20. The number of carbonyl (C=O) groups excluding carboxylic acids is 1. The van der Waals surface area contributed by atoms with E-state index in [4.69, 9.17) is 0 Å². The number of amides is 1. The molecule has 84 valence electrons. The first-order valence-electron chi connectivity index (χ1n) is 5.48. The van der Waals surface area contributed by atoms with Crippen LogP contribution in [0.5, 0.6) is 0 Å². The fourth-order valence-corrected chi connectivity index (χ4v) is 1.85. The average molecular weight is 208 g/mol. The topological polar surface area (TPSA) is 32.3 Å². The van der Waals surface area contributed by atoms with Crippen molar-refractivity contribution < 1.29 is 4.79 Å². The van der Waals surface area contributed by atoms with Crippen LogP contribution < -0.4 is 5.32 Å². The van der Waals surface area contributed by atoms with Crippen molar-refractivity contribution in [1.82, 2.24) is 10.2 Å². The summed E-state index contributed by atoms with van der Waals surface area (Å²) in [7, 11) is 0. The van der Waals surface area contributed by atoms with E-state index in [1.807, 2.05) is 0 Å². The van der Waals surface area contributed by atoms with Crippen LogP contribution in [0.25, 0.3) is 0 Å². The Bertz CT molecular complexity index is 222. The normalized spacial score (nSPS) is 19.9. The van der Waals surface area contributed by atoms with E-state index in [0.717, 1.165) is 19.5 Å². The number of nitrogens with one attached hydrogen (secondary N) is 1. The molecule has 0 aromatic heterocycles. The molecule has 15 heavy (non-hydrogen) atoms. The molecule has 0 aliphatic carbocycles. The van der Waals surface area contributed by atoms with Gasteiger partial charge < -0.3 is 10.2 Å². The molecule has 1 unspecified atom stereocenters. The molecule has 0 spiro atoms. The molecule has 0 saturated carbocycles. The van der Waals surface area contributed by atoms with Crippen molar-refractivity contribution >= 4 is 5.91 Å². The second-order valence-corrected chi connectivity index (χ2v) is 3.94. The standard InChI is InChI=1S/C12H20N2O/c1-3-7-14(8-4-2)12(15)9-11-5-6-13-10-11/h3-4,11,13H,1-2,5-10H2. The smallest absolute Gasteiger partial charge is 0.223 e. The summed E-state index contributed by atoms with van der Waals surface area (Å²) in [6.07, 6.45) is 5.28. The summed E-state index contributed by atoms with van der Waals surface area (Å²) < 4.78 is 0. The van der Waals surface area contributed by atoms with Gasteiger partial charge in [-0.3, -0.25) is 4.79 Å². The van der Waals surface area contributed by atoms with Crippen LogP contribution in [0.4, 0.5) is 0 Å². The summed E-state index contributed by atoms with van der Waals surface area (Å²) in [5, 5.41) is 3.27. The van der Waals surface area contributed by atoms with E-state index in [-0.39, 0.29) is 5.91 Å². The Labute approximate surface area is 91.8 Å².